The highest BCUT2D eigenvalue weighted by Gasteiger charge is 2.47. The minimum atomic E-state index is -0.285. The first-order chi connectivity index (χ1) is 17.1. The minimum Gasteiger partial charge on any atom is -0.465 e. The average molecular weight is 477 g/mol. The standard InChI is InChI=1S/C29H36N2O4/c1-33-28(32)20-4-6-22(7-5-20)31-16-21-14-23(31)15-25(21)34-17-24-26(30-35-27(24)19-2-3-19)18-8-10-29(11-9-18)12-13-29/h4-7,18-19,21,23,25H,2-3,8-17H2,1H3/t21-,23-,25+/m0/s1. The SMILES string of the molecule is COC(=O)c1ccc(N2C[C@@H]3C[C@H]2C[C@H]3OCc2c(C3CCC4(CC3)CC4)noc2C2CC2)cc1. The van der Waals surface area contributed by atoms with Crippen LogP contribution in [0.15, 0.2) is 28.8 Å². The highest BCUT2D eigenvalue weighted by atomic mass is 16.5. The number of rotatable bonds is 7. The van der Waals surface area contributed by atoms with Crippen LogP contribution in [-0.2, 0) is 16.1 Å². The third-order valence-corrected chi connectivity index (χ3v) is 9.73. The lowest BCUT2D eigenvalue weighted by atomic mass is 9.77. The van der Waals surface area contributed by atoms with Gasteiger partial charge in [0, 0.05) is 41.6 Å². The highest BCUT2D eigenvalue weighted by molar-refractivity contribution is 5.89. The molecule has 4 aliphatic carbocycles. The van der Waals surface area contributed by atoms with Gasteiger partial charge in [-0.3, -0.25) is 0 Å². The van der Waals surface area contributed by atoms with Crippen LogP contribution in [0.1, 0.15) is 103 Å². The lowest BCUT2D eigenvalue weighted by Crippen LogP contribution is -2.38. The fourth-order valence-electron chi connectivity index (χ4n) is 7.17. The third kappa shape index (κ3) is 3.98. The smallest absolute Gasteiger partial charge is 0.337 e. The van der Waals surface area contributed by atoms with E-state index in [1.807, 2.05) is 24.3 Å². The zero-order chi connectivity index (χ0) is 23.6. The van der Waals surface area contributed by atoms with Crippen molar-refractivity contribution in [1.29, 1.82) is 0 Å². The molecule has 0 radical (unpaired) electrons. The Bertz CT molecular complexity index is 1090. The maximum atomic E-state index is 11.7. The van der Waals surface area contributed by atoms with Crippen LogP contribution in [0.5, 0.6) is 0 Å². The molecule has 6 heteroatoms. The van der Waals surface area contributed by atoms with E-state index in [1.54, 1.807) is 0 Å². The molecule has 4 saturated carbocycles. The molecule has 35 heavy (non-hydrogen) atoms. The van der Waals surface area contributed by atoms with Crippen molar-refractivity contribution in [2.45, 2.75) is 94.8 Å². The molecule has 2 aromatic rings. The number of benzene rings is 1. The Morgan fingerprint density at radius 1 is 1.06 bits per heavy atom. The summed E-state index contributed by atoms with van der Waals surface area (Å²) >= 11 is 0. The van der Waals surface area contributed by atoms with Gasteiger partial charge in [0.25, 0.3) is 0 Å². The van der Waals surface area contributed by atoms with E-state index in [-0.39, 0.29) is 5.97 Å². The molecule has 3 atom stereocenters. The number of nitrogens with zero attached hydrogens (tertiary/aromatic N) is 2. The Morgan fingerprint density at radius 2 is 1.83 bits per heavy atom. The molecule has 1 saturated heterocycles. The van der Waals surface area contributed by atoms with Gasteiger partial charge in [-0.2, -0.15) is 0 Å². The van der Waals surface area contributed by atoms with Crippen LogP contribution >= 0.6 is 0 Å². The maximum absolute atomic E-state index is 11.7. The molecular weight excluding hydrogens is 440 g/mol. The Labute approximate surface area is 207 Å². The summed E-state index contributed by atoms with van der Waals surface area (Å²) in [4.78, 5) is 14.2. The lowest BCUT2D eigenvalue weighted by molar-refractivity contribution is 0.0116. The minimum absolute atomic E-state index is 0.285. The van der Waals surface area contributed by atoms with E-state index in [0.29, 0.717) is 47.5 Å². The fourth-order valence-corrected chi connectivity index (χ4v) is 7.17. The second kappa shape index (κ2) is 8.36. The molecule has 0 N–H and O–H groups in total. The molecule has 5 aliphatic rings. The van der Waals surface area contributed by atoms with Gasteiger partial charge in [0.05, 0.1) is 31.1 Å². The van der Waals surface area contributed by atoms with Crippen molar-refractivity contribution >= 4 is 11.7 Å². The first-order valence-corrected chi connectivity index (χ1v) is 13.7. The van der Waals surface area contributed by atoms with Crippen molar-refractivity contribution in [3.05, 3.63) is 46.8 Å². The van der Waals surface area contributed by atoms with E-state index >= 15 is 0 Å². The molecule has 7 rings (SSSR count). The summed E-state index contributed by atoms with van der Waals surface area (Å²) in [5.41, 5.74) is 5.00. The number of esters is 1. The molecular formula is C29H36N2O4. The number of hydrogen-bond donors (Lipinski definition) is 0. The number of anilines is 1. The summed E-state index contributed by atoms with van der Waals surface area (Å²) in [5, 5.41) is 4.64. The van der Waals surface area contributed by atoms with Gasteiger partial charge in [-0.15, -0.1) is 0 Å². The Morgan fingerprint density at radius 3 is 2.46 bits per heavy atom. The second-order valence-corrected chi connectivity index (χ2v) is 11.9. The van der Waals surface area contributed by atoms with Crippen LogP contribution in [0.2, 0.25) is 0 Å². The van der Waals surface area contributed by atoms with Crippen molar-refractivity contribution in [2.75, 3.05) is 18.6 Å². The van der Waals surface area contributed by atoms with E-state index in [1.165, 1.54) is 81.8 Å². The second-order valence-electron chi connectivity index (χ2n) is 11.9. The van der Waals surface area contributed by atoms with Crippen LogP contribution < -0.4 is 4.90 Å². The molecule has 1 spiro atoms. The number of carbonyl (C=O) groups is 1. The molecule has 6 nitrogen and oxygen atoms in total. The van der Waals surface area contributed by atoms with Crippen LogP contribution in [0.25, 0.3) is 0 Å². The summed E-state index contributed by atoms with van der Waals surface area (Å²) in [7, 11) is 1.42. The topological polar surface area (TPSA) is 64.8 Å². The quantitative estimate of drug-likeness (QED) is 0.460. The zero-order valence-electron chi connectivity index (χ0n) is 20.7. The third-order valence-electron chi connectivity index (χ3n) is 9.73. The van der Waals surface area contributed by atoms with Crippen LogP contribution in [0.3, 0.4) is 0 Å². The van der Waals surface area contributed by atoms with E-state index in [2.05, 4.69) is 10.1 Å². The van der Waals surface area contributed by atoms with E-state index < -0.39 is 0 Å². The summed E-state index contributed by atoms with van der Waals surface area (Å²) in [6.45, 7) is 1.68. The van der Waals surface area contributed by atoms with Crippen molar-refractivity contribution in [3.8, 4) is 0 Å². The lowest BCUT2D eigenvalue weighted by Gasteiger charge is -2.33. The Balaban J connectivity index is 1.00. The zero-order valence-corrected chi connectivity index (χ0v) is 20.7. The molecule has 0 amide bonds. The maximum Gasteiger partial charge on any atom is 0.337 e. The summed E-state index contributed by atoms with van der Waals surface area (Å²) in [5.74, 6) is 2.52. The number of hydrogen-bond acceptors (Lipinski definition) is 6. The van der Waals surface area contributed by atoms with E-state index in [9.17, 15) is 4.79 Å². The van der Waals surface area contributed by atoms with Gasteiger partial charge in [-0.25, -0.2) is 4.79 Å². The van der Waals surface area contributed by atoms with Gasteiger partial charge in [-0.1, -0.05) is 5.16 Å². The molecule has 2 heterocycles. The van der Waals surface area contributed by atoms with Crippen LogP contribution in [0.4, 0.5) is 5.69 Å². The molecule has 1 aromatic heterocycles. The normalized spacial score (nSPS) is 29.2. The van der Waals surface area contributed by atoms with Crippen molar-refractivity contribution in [3.63, 3.8) is 0 Å². The molecule has 186 valence electrons. The predicted octanol–water partition coefficient (Wildman–Crippen LogP) is 5.96. The monoisotopic (exact) mass is 476 g/mol. The molecule has 5 fully saturated rings. The van der Waals surface area contributed by atoms with Gasteiger partial charge in [0.15, 0.2) is 0 Å². The van der Waals surface area contributed by atoms with E-state index in [4.69, 9.17) is 14.0 Å². The number of piperidine rings is 1. The van der Waals surface area contributed by atoms with Gasteiger partial charge in [-0.05, 0) is 93.9 Å². The summed E-state index contributed by atoms with van der Waals surface area (Å²) < 4.78 is 17.4. The number of ether oxygens (including phenoxy) is 2. The average Bonchev–Trinajstić information content (AvgIpc) is 3.75. The molecule has 0 unspecified atom stereocenters. The first kappa shape index (κ1) is 21.9. The Kier molecular flexibility index (Phi) is 5.23. The summed E-state index contributed by atoms with van der Waals surface area (Å²) in [6, 6.07) is 8.33. The van der Waals surface area contributed by atoms with Gasteiger partial charge in [0.1, 0.15) is 5.76 Å². The van der Waals surface area contributed by atoms with Crippen LogP contribution in [0, 0.1) is 11.3 Å². The van der Waals surface area contributed by atoms with Crippen LogP contribution in [-0.4, -0.2) is 36.9 Å². The number of carbonyl (C=O) groups excluding carboxylic acids is 1. The van der Waals surface area contributed by atoms with Crippen molar-refractivity contribution in [2.24, 2.45) is 11.3 Å². The fraction of sp³-hybridized carbons (Fsp3) is 0.655. The van der Waals surface area contributed by atoms with Gasteiger partial charge < -0.3 is 18.9 Å². The van der Waals surface area contributed by atoms with Gasteiger partial charge >= 0.3 is 5.97 Å². The first-order valence-electron chi connectivity index (χ1n) is 13.7. The van der Waals surface area contributed by atoms with Crippen molar-refractivity contribution < 1.29 is 18.8 Å². The molecule has 2 bridgehead atoms. The number of aromatic nitrogens is 1. The predicted molar refractivity (Wildman–Crippen MR) is 132 cm³/mol. The highest BCUT2D eigenvalue weighted by Crippen LogP contribution is 2.59. The van der Waals surface area contributed by atoms with Crippen molar-refractivity contribution in [1.82, 2.24) is 5.16 Å². The van der Waals surface area contributed by atoms with Gasteiger partial charge in [0.2, 0.25) is 0 Å². The van der Waals surface area contributed by atoms with E-state index in [0.717, 1.165) is 18.7 Å². The number of methoxy groups -OCH3 is 1. The number of fused-ring (bicyclic) bond motifs is 2. The summed E-state index contributed by atoms with van der Waals surface area (Å²) in [6.07, 6.45) is 13.2. The molecule has 1 aliphatic heterocycles. The molecule has 1 aromatic carbocycles. The Hall–Kier alpha value is -2.34. The largest absolute Gasteiger partial charge is 0.465 e.